The molecular weight excluding hydrogens is 154 g/mol. The van der Waals surface area contributed by atoms with Crippen molar-refractivity contribution < 1.29 is 4.79 Å². The maximum Gasteiger partial charge on any atom is 0.234 e. The number of hydrogen-bond donors (Lipinski definition) is 3. The first kappa shape index (κ1) is 13.9. The zero-order valence-corrected chi connectivity index (χ0v) is 8.05. The van der Waals surface area contributed by atoms with Gasteiger partial charge in [0.25, 0.3) is 0 Å². The van der Waals surface area contributed by atoms with Gasteiger partial charge in [-0.3, -0.25) is 4.79 Å². The second-order valence-corrected chi connectivity index (χ2v) is 2.29. The molecule has 0 radical (unpaired) electrons. The lowest BCUT2D eigenvalue weighted by molar-refractivity contribution is -0.119. The number of amides is 1. The predicted molar refractivity (Wildman–Crippen MR) is 51.4 cm³/mol. The molecule has 0 aromatic carbocycles. The Bertz CT molecular complexity index is 106. The first-order valence-electron chi connectivity index (χ1n) is 4.43. The molecule has 0 aromatic heterocycles. The van der Waals surface area contributed by atoms with Gasteiger partial charge in [0.2, 0.25) is 5.91 Å². The first-order valence-corrected chi connectivity index (χ1v) is 4.43. The molecule has 0 heterocycles. The molecule has 0 fully saturated rings. The van der Waals surface area contributed by atoms with Gasteiger partial charge in [0, 0.05) is 0 Å². The summed E-state index contributed by atoms with van der Waals surface area (Å²) in [5, 5.41) is 0. The summed E-state index contributed by atoms with van der Waals surface area (Å²) in [7, 11) is 0. The highest BCUT2D eigenvalue weighted by molar-refractivity contribution is 5.79. The number of hydrogen-bond acceptors (Lipinski definition) is 3. The van der Waals surface area contributed by atoms with Crippen LogP contribution in [0.15, 0.2) is 0 Å². The number of rotatable bonds is 5. The van der Waals surface area contributed by atoms with Crippen LogP contribution < -0.4 is 17.2 Å². The molecule has 0 saturated carbocycles. The number of nitrogens with two attached hydrogens (primary N) is 3. The Labute approximate surface area is 74.5 Å². The zero-order chi connectivity index (χ0) is 9.98. The zero-order valence-electron chi connectivity index (χ0n) is 8.05. The van der Waals surface area contributed by atoms with Crippen molar-refractivity contribution in [3.8, 4) is 0 Å². The largest absolute Gasteiger partial charge is 0.368 e. The Hall–Kier alpha value is -0.610. The van der Waals surface area contributed by atoms with Gasteiger partial charge in [0.15, 0.2) is 0 Å². The molecule has 1 atom stereocenters. The third kappa shape index (κ3) is 9.39. The second kappa shape index (κ2) is 10.4. The number of primary amides is 1. The van der Waals surface area contributed by atoms with Crippen molar-refractivity contribution in [3.05, 3.63) is 0 Å². The molecule has 1 amide bonds. The van der Waals surface area contributed by atoms with Crippen LogP contribution in [0.2, 0.25) is 0 Å². The maximum absolute atomic E-state index is 10.4. The van der Waals surface area contributed by atoms with Gasteiger partial charge in [-0.25, -0.2) is 0 Å². The Morgan fingerprint density at radius 3 is 2.17 bits per heavy atom. The molecule has 0 aliphatic carbocycles. The molecule has 0 spiro atoms. The minimum atomic E-state index is -0.494. The molecule has 0 saturated heterocycles. The van der Waals surface area contributed by atoms with Crippen LogP contribution in [0.5, 0.6) is 0 Å². The molecule has 0 aromatic rings. The van der Waals surface area contributed by atoms with Gasteiger partial charge in [-0.2, -0.15) is 0 Å². The SMILES string of the molecule is CC.NCCCC[C@H](N)C(N)=O. The van der Waals surface area contributed by atoms with Crippen LogP contribution in [0.4, 0.5) is 0 Å². The van der Waals surface area contributed by atoms with E-state index in [1.807, 2.05) is 13.8 Å². The van der Waals surface area contributed by atoms with Gasteiger partial charge < -0.3 is 17.2 Å². The molecular formula is C8H21N3O. The normalized spacial score (nSPS) is 11.3. The van der Waals surface area contributed by atoms with E-state index in [1.54, 1.807) is 0 Å². The van der Waals surface area contributed by atoms with Gasteiger partial charge >= 0.3 is 0 Å². The van der Waals surface area contributed by atoms with Crippen molar-refractivity contribution in [1.82, 2.24) is 0 Å². The lowest BCUT2D eigenvalue weighted by Gasteiger charge is -2.04. The molecule has 0 rings (SSSR count). The predicted octanol–water partition coefficient (Wildman–Crippen LogP) is -0.0458. The second-order valence-electron chi connectivity index (χ2n) is 2.29. The average molecular weight is 175 g/mol. The third-order valence-electron chi connectivity index (χ3n) is 1.33. The molecule has 0 aliphatic rings. The molecule has 4 heteroatoms. The molecule has 0 aliphatic heterocycles. The fourth-order valence-electron chi connectivity index (χ4n) is 0.651. The number of unbranched alkanes of at least 4 members (excludes halogenated alkanes) is 1. The van der Waals surface area contributed by atoms with Crippen molar-refractivity contribution in [2.75, 3.05) is 6.54 Å². The summed E-state index contributed by atoms with van der Waals surface area (Å²) in [5.74, 6) is -0.433. The van der Waals surface area contributed by atoms with E-state index in [2.05, 4.69) is 0 Å². The van der Waals surface area contributed by atoms with E-state index < -0.39 is 11.9 Å². The van der Waals surface area contributed by atoms with E-state index >= 15 is 0 Å². The molecule has 6 N–H and O–H groups in total. The van der Waals surface area contributed by atoms with E-state index in [1.165, 1.54) is 0 Å². The topological polar surface area (TPSA) is 95.1 Å². The molecule has 74 valence electrons. The van der Waals surface area contributed by atoms with E-state index in [0.29, 0.717) is 13.0 Å². The van der Waals surface area contributed by atoms with E-state index in [0.717, 1.165) is 12.8 Å². The highest BCUT2D eigenvalue weighted by Gasteiger charge is 2.06. The van der Waals surface area contributed by atoms with Crippen molar-refractivity contribution in [3.63, 3.8) is 0 Å². The number of carbonyl (C=O) groups excluding carboxylic acids is 1. The van der Waals surface area contributed by atoms with Crippen molar-refractivity contribution in [1.29, 1.82) is 0 Å². The lowest BCUT2D eigenvalue weighted by atomic mass is 10.1. The first-order chi connectivity index (χ1) is 5.68. The van der Waals surface area contributed by atoms with Crippen molar-refractivity contribution in [2.45, 2.75) is 39.2 Å². The lowest BCUT2D eigenvalue weighted by Crippen LogP contribution is -2.36. The highest BCUT2D eigenvalue weighted by Crippen LogP contribution is 1.96. The highest BCUT2D eigenvalue weighted by atomic mass is 16.1. The molecule has 12 heavy (non-hydrogen) atoms. The monoisotopic (exact) mass is 175 g/mol. The van der Waals surface area contributed by atoms with Crippen LogP contribution in [0, 0.1) is 0 Å². The molecule has 0 unspecified atom stereocenters. The summed E-state index contributed by atoms with van der Waals surface area (Å²) in [6, 6.07) is -0.494. The summed E-state index contributed by atoms with van der Waals surface area (Å²) in [5.41, 5.74) is 15.5. The minimum absolute atomic E-state index is 0.433. The van der Waals surface area contributed by atoms with Gasteiger partial charge in [-0.05, 0) is 19.4 Å². The Morgan fingerprint density at radius 2 is 1.83 bits per heavy atom. The smallest absolute Gasteiger partial charge is 0.234 e. The maximum atomic E-state index is 10.4. The number of carbonyl (C=O) groups is 1. The Kier molecular flexibility index (Phi) is 12.1. The summed E-state index contributed by atoms with van der Waals surface area (Å²) in [6.07, 6.45) is 2.42. The summed E-state index contributed by atoms with van der Waals surface area (Å²) in [6.45, 7) is 4.64. The van der Waals surface area contributed by atoms with Crippen LogP contribution in [-0.2, 0) is 4.79 Å². The van der Waals surface area contributed by atoms with Crippen LogP contribution in [0.25, 0.3) is 0 Å². The fraction of sp³-hybridized carbons (Fsp3) is 0.875. The van der Waals surface area contributed by atoms with Gasteiger partial charge in [-0.15, -0.1) is 0 Å². The molecule has 4 nitrogen and oxygen atoms in total. The van der Waals surface area contributed by atoms with Crippen LogP contribution in [0.1, 0.15) is 33.1 Å². The third-order valence-corrected chi connectivity index (χ3v) is 1.33. The molecule has 0 bridgehead atoms. The summed E-state index contributed by atoms with van der Waals surface area (Å²) >= 11 is 0. The summed E-state index contributed by atoms with van der Waals surface area (Å²) < 4.78 is 0. The van der Waals surface area contributed by atoms with E-state index in [4.69, 9.17) is 17.2 Å². The minimum Gasteiger partial charge on any atom is -0.368 e. The summed E-state index contributed by atoms with van der Waals surface area (Å²) in [4.78, 5) is 10.4. The fourth-order valence-corrected chi connectivity index (χ4v) is 0.651. The van der Waals surface area contributed by atoms with Gasteiger partial charge in [0.1, 0.15) is 0 Å². The van der Waals surface area contributed by atoms with E-state index in [-0.39, 0.29) is 0 Å². The average Bonchev–Trinajstić information content (AvgIpc) is 2.08. The Balaban J connectivity index is 0. The van der Waals surface area contributed by atoms with E-state index in [9.17, 15) is 4.79 Å². The van der Waals surface area contributed by atoms with Gasteiger partial charge in [0.05, 0.1) is 6.04 Å². The van der Waals surface area contributed by atoms with Crippen LogP contribution in [-0.4, -0.2) is 18.5 Å². The van der Waals surface area contributed by atoms with Crippen molar-refractivity contribution in [2.24, 2.45) is 17.2 Å². The van der Waals surface area contributed by atoms with Crippen LogP contribution >= 0.6 is 0 Å². The van der Waals surface area contributed by atoms with Crippen LogP contribution in [0.3, 0.4) is 0 Å². The Morgan fingerprint density at radius 1 is 1.33 bits per heavy atom. The standard InChI is InChI=1S/C6H15N3O.C2H6/c7-4-2-1-3-5(8)6(9)10;1-2/h5H,1-4,7-8H2,(H2,9,10);1-2H3/t5-;/m0./s1. The van der Waals surface area contributed by atoms with Gasteiger partial charge in [-0.1, -0.05) is 20.3 Å². The quantitative estimate of drug-likeness (QED) is 0.511. The van der Waals surface area contributed by atoms with Crippen molar-refractivity contribution >= 4 is 5.91 Å².